The zero-order valence-electron chi connectivity index (χ0n) is 21.6. The summed E-state index contributed by atoms with van der Waals surface area (Å²) in [6.45, 7) is 3.97. The molecule has 1 fully saturated rings. The minimum atomic E-state index is -0.976. The van der Waals surface area contributed by atoms with E-state index in [1.54, 1.807) is 7.11 Å². The molecule has 1 amide bonds. The zero-order valence-corrected chi connectivity index (χ0v) is 21.6. The van der Waals surface area contributed by atoms with E-state index in [4.69, 9.17) is 4.74 Å². The Bertz CT molecular complexity index is 1270. The molecule has 0 unspecified atom stereocenters. The number of pyridine rings is 1. The van der Waals surface area contributed by atoms with E-state index in [1.807, 2.05) is 36.8 Å². The number of methoxy groups -OCH3 is 1. The summed E-state index contributed by atoms with van der Waals surface area (Å²) >= 11 is 0. The van der Waals surface area contributed by atoms with Crippen molar-refractivity contribution < 1.29 is 27.9 Å². The Morgan fingerprint density at radius 3 is 2.53 bits per heavy atom. The predicted octanol–water partition coefficient (Wildman–Crippen LogP) is 4.99. The Kier molecular flexibility index (Phi) is 8.73. The summed E-state index contributed by atoms with van der Waals surface area (Å²) in [6.07, 6.45) is 5.04. The number of aryl methyl sites for hydroxylation is 2. The summed E-state index contributed by atoms with van der Waals surface area (Å²) in [6, 6.07) is 7.07. The van der Waals surface area contributed by atoms with Crippen molar-refractivity contribution in [2.24, 2.45) is 5.41 Å². The Labute approximate surface area is 220 Å². The molecule has 4 rings (SSSR count). The van der Waals surface area contributed by atoms with Gasteiger partial charge in [-0.15, -0.1) is 0 Å². The summed E-state index contributed by atoms with van der Waals surface area (Å²) in [4.78, 5) is 19.4. The van der Waals surface area contributed by atoms with Gasteiger partial charge in [0.1, 0.15) is 17.3 Å². The van der Waals surface area contributed by atoms with Gasteiger partial charge in [-0.3, -0.25) is 15.0 Å². The maximum absolute atomic E-state index is 13.9. The first kappa shape index (κ1) is 27.7. The molecule has 2 aromatic carbocycles. The largest absolute Gasteiger partial charge is 0.497 e. The third-order valence-corrected chi connectivity index (χ3v) is 7.62. The fraction of sp³-hybridized carbons (Fsp3) is 0.429. The van der Waals surface area contributed by atoms with Gasteiger partial charge in [-0.1, -0.05) is 0 Å². The molecule has 0 spiro atoms. The smallest absolute Gasteiger partial charge is 0.249 e. The number of likely N-dealkylation sites (tertiary alicyclic amines) is 1. The number of hydrogen-bond donors (Lipinski definition) is 3. The Morgan fingerprint density at radius 1 is 1.16 bits per heavy atom. The maximum atomic E-state index is 13.9. The molecule has 204 valence electrons. The number of benzene rings is 2. The minimum Gasteiger partial charge on any atom is -0.497 e. The van der Waals surface area contributed by atoms with Crippen LogP contribution in [0.4, 0.5) is 18.9 Å². The number of ether oxygens (including phenoxy) is 1. The van der Waals surface area contributed by atoms with Crippen molar-refractivity contribution in [1.29, 1.82) is 0 Å². The second-order valence-corrected chi connectivity index (χ2v) is 9.89. The molecule has 0 atom stereocenters. The van der Waals surface area contributed by atoms with Crippen LogP contribution in [0.15, 0.2) is 36.5 Å². The van der Waals surface area contributed by atoms with Crippen molar-refractivity contribution in [3.8, 4) is 5.75 Å². The molecular weight excluding hydrogens is 497 g/mol. The number of piperidine rings is 1. The minimum absolute atomic E-state index is 0.260. The number of nitrogens with one attached hydrogen (secondary N) is 2. The quantitative estimate of drug-likeness (QED) is 0.253. The van der Waals surface area contributed by atoms with Crippen LogP contribution in [0.2, 0.25) is 0 Å². The van der Waals surface area contributed by atoms with E-state index < -0.39 is 22.9 Å². The van der Waals surface area contributed by atoms with Crippen molar-refractivity contribution in [3.63, 3.8) is 0 Å². The van der Waals surface area contributed by atoms with Crippen molar-refractivity contribution in [3.05, 3.63) is 65.1 Å². The molecule has 0 radical (unpaired) electrons. The molecule has 0 saturated carbocycles. The lowest BCUT2D eigenvalue weighted by molar-refractivity contribution is -0.143. The highest BCUT2D eigenvalue weighted by atomic mass is 19.1. The molecular formula is C28H33F3N4O3. The summed E-state index contributed by atoms with van der Waals surface area (Å²) in [7, 11) is 1.63. The van der Waals surface area contributed by atoms with E-state index in [2.05, 4.69) is 15.2 Å². The molecule has 1 saturated heterocycles. The number of hydrogen-bond acceptors (Lipinski definition) is 6. The second-order valence-electron chi connectivity index (χ2n) is 9.89. The third kappa shape index (κ3) is 6.02. The monoisotopic (exact) mass is 530 g/mol. The normalized spacial score (nSPS) is 15.4. The van der Waals surface area contributed by atoms with Gasteiger partial charge < -0.3 is 15.0 Å². The van der Waals surface area contributed by atoms with Gasteiger partial charge in [0, 0.05) is 36.8 Å². The van der Waals surface area contributed by atoms with Gasteiger partial charge in [0.2, 0.25) is 5.91 Å². The molecule has 7 nitrogen and oxygen atoms in total. The SMILES string of the molecule is COc1ccc2ncc(C)c(CCCC3(C(=O)NO)CCN(CCNc4c(F)cc(F)cc4F)CC3)c2c1. The van der Waals surface area contributed by atoms with Gasteiger partial charge in [-0.05, 0) is 81.4 Å². The summed E-state index contributed by atoms with van der Waals surface area (Å²) in [5.41, 5.74) is 3.93. The first-order valence-corrected chi connectivity index (χ1v) is 12.7. The second kappa shape index (κ2) is 12.0. The first-order chi connectivity index (χ1) is 18.3. The van der Waals surface area contributed by atoms with Gasteiger partial charge in [0.05, 0.1) is 18.0 Å². The molecule has 38 heavy (non-hydrogen) atoms. The average Bonchev–Trinajstić information content (AvgIpc) is 2.91. The van der Waals surface area contributed by atoms with Crippen LogP contribution < -0.4 is 15.5 Å². The number of aromatic nitrogens is 1. The molecule has 1 aromatic heterocycles. The van der Waals surface area contributed by atoms with E-state index in [0.717, 1.165) is 40.6 Å². The molecule has 10 heteroatoms. The van der Waals surface area contributed by atoms with Crippen molar-refractivity contribution in [2.75, 3.05) is 38.6 Å². The lowest BCUT2D eigenvalue weighted by Crippen LogP contribution is -2.49. The molecule has 2 heterocycles. The highest BCUT2D eigenvalue weighted by Gasteiger charge is 2.40. The number of anilines is 1. The molecule has 1 aliphatic rings. The molecule has 1 aliphatic heterocycles. The summed E-state index contributed by atoms with van der Waals surface area (Å²) in [5.74, 6) is -2.55. The Morgan fingerprint density at radius 2 is 1.87 bits per heavy atom. The van der Waals surface area contributed by atoms with Crippen molar-refractivity contribution in [1.82, 2.24) is 15.4 Å². The Hall–Kier alpha value is -3.37. The van der Waals surface area contributed by atoms with Crippen molar-refractivity contribution >= 4 is 22.5 Å². The van der Waals surface area contributed by atoms with E-state index >= 15 is 0 Å². The summed E-state index contributed by atoms with van der Waals surface area (Å²) < 4.78 is 46.2. The molecule has 3 aromatic rings. The lowest BCUT2D eigenvalue weighted by atomic mass is 9.73. The molecule has 3 N–H and O–H groups in total. The zero-order chi connectivity index (χ0) is 27.3. The van der Waals surface area contributed by atoms with Crippen LogP contribution in [0.5, 0.6) is 5.75 Å². The van der Waals surface area contributed by atoms with Gasteiger partial charge in [-0.2, -0.15) is 0 Å². The highest BCUT2D eigenvalue weighted by molar-refractivity contribution is 5.84. The number of carbonyl (C=O) groups excluding carboxylic acids is 1. The number of fused-ring (bicyclic) bond motifs is 1. The lowest BCUT2D eigenvalue weighted by Gasteiger charge is -2.40. The number of carbonyl (C=O) groups is 1. The van der Waals surface area contributed by atoms with Crippen LogP contribution in [-0.4, -0.2) is 54.3 Å². The van der Waals surface area contributed by atoms with Crippen LogP contribution >= 0.6 is 0 Å². The number of nitrogens with zero attached hydrogens (tertiary/aromatic N) is 2. The number of rotatable bonds is 10. The number of hydroxylamine groups is 1. The number of amides is 1. The van der Waals surface area contributed by atoms with Crippen LogP contribution in [0.25, 0.3) is 10.9 Å². The molecule has 0 bridgehead atoms. The van der Waals surface area contributed by atoms with E-state index in [9.17, 15) is 23.2 Å². The standard InChI is InChI=1S/C28H33F3N4O3/c1-18-17-33-25-6-5-20(38-2)16-22(25)21(18)4-3-7-28(27(36)34-37)8-11-35(12-9-28)13-10-32-26-23(30)14-19(29)15-24(26)31/h5-6,14-17,32,37H,3-4,7-13H2,1-2H3,(H,34,36). The summed E-state index contributed by atoms with van der Waals surface area (Å²) in [5, 5.41) is 13.2. The van der Waals surface area contributed by atoms with Crippen LogP contribution in [-0.2, 0) is 11.2 Å². The van der Waals surface area contributed by atoms with Gasteiger partial charge in [0.25, 0.3) is 0 Å². The van der Waals surface area contributed by atoms with E-state index in [1.165, 1.54) is 0 Å². The van der Waals surface area contributed by atoms with Crippen LogP contribution in [0, 0.1) is 29.8 Å². The third-order valence-electron chi connectivity index (χ3n) is 7.62. The van der Waals surface area contributed by atoms with Gasteiger partial charge in [-0.25, -0.2) is 18.7 Å². The van der Waals surface area contributed by atoms with E-state index in [-0.39, 0.29) is 18.1 Å². The maximum Gasteiger partial charge on any atom is 0.249 e. The highest BCUT2D eigenvalue weighted by Crippen LogP contribution is 2.37. The van der Waals surface area contributed by atoms with Crippen molar-refractivity contribution in [2.45, 2.75) is 39.0 Å². The predicted molar refractivity (Wildman–Crippen MR) is 139 cm³/mol. The topological polar surface area (TPSA) is 86.7 Å². The Balaban J connectivity index is 1.36. The van der Waals surface area contributed by atoms with Gasteiger partial charge >= 0.3 is 0 Å². The first-order valence-electron chi connectivity index (χ1n) is 12.7. The molecule has 0 aliphatic carbocycles. The fourth-order valence-electron chi connectivity index (χ4n) is 5.35. The average molecular weight is 531 g/mol. The van der Waals surface area contributed by atoms with Gasteiger partial charge in [0.15, 0.2) is 11.6 Å². The van der Waals surface area contributed by atoms with Crippen LogP contribution in [0.1, 0.15) is 36.8 Å². The number of halogens is 3. The fourth-order valence-corrected chi connectivity index (χ4v) is 5.35. The van der Waals surface area contributed by atoms with Crippen LogP contribution in [0.3, 0.4) is 0 Å². The van der Waals surface area contributed by atoms with E-state index in [0.29, 0.717) is 51.0 Å².